The van der Waals surface area contributed by atoms with E-state index in [1.165, 1.54) is 12.2 Å². The molecule has 1 atom stereocenters. The van der Waals surface area contributed by atoms with Crippen molar-refractivity contribution in [1.82, 2.24) is 14.9 Å². The van der Waals surface area contributed by atoms with Gasteiger partial charge >= 0.3 is 0 Å². The lowest BCUT2D eigenvalue weighted by Crippen LogP contribution is -2.14. The molecule has 1 rings (SSSR count). The molecule has 0 aliphatic rings. The molecule has 0 saturated carbocycles. The molecule has 1 aromatic rings. The van der Waals surface area contributed by atoms with Gasteiger partial charge in [-0.1, -0.05) is 6.92 Å². The standard InChI is InChI=1S/C10H19N3/c1-9(4-5-11-2)8-10-12-6-7-13(10)3/h6-7,9,11H,4-5,8H2,1-3H3. The van der Waals surface area contributed by atoms with E-state index in [4.69, 9.17) is 0 Å². The van der Waals surface area contributed by atoms with Crippen LogP contribution in [0.15, 0.2) is 12.4 Å². The monoisotopic (exact) mass is 181 g/mol. The van der Waals surface area contributed by atoms with Crippen LogP contribution < -0.4 is 5.32 Å². The van der Waals surface area contributed by atoms with Gasteiger partial charge in [0.1, 0.15) is 5.82 Å². The molecule has 1 N–H and O–H groups in total. The summed E-state index contributed by atoms with van der Waals surface area (Å²) in [5.41, 5.74) is 0. The van der Waals surface area contributed by atoms with Crippen LogP contribution in [0, 0.1) is 5.92 Å². The summed E-state index contributed by atoms with van der Waals surface area (Å²) >= 11 is 0. The van der Waals surface area contributed by atoms with Crippen LogP contribution in [0.5, 0.6) is 0 Å². The van der Waals surface area contributed by atoms with Crippen molar-refractivity contribution >= 4 is 0 Å². The number of aryl methyl sites for hydroxylation is 1. The molecule has 3 nitrogen and oxygen atoms in total. The molecule has 0 aliphatic carbocycles. The van der Waals surface area contributed by atoms with Gasteiger partial charge in [0.2, 0.25) is 0 Å². The second kappa shape index (κ2) is 5.02. The molecule has 0 aliphatic heterocycles. The van der Waals surface area contributed by atoms with Gasteiger partial charge in [-0.15, -0.1) is 0 Å². The maximum absolute atomic E-state index is 4.31. The van der Waals surface area contributed by atoms with Crippen LogP contribution in [0.2, 0.25) is 0 Å². The first kappa shape index (κ1) is 10.3. The summed E-state index contributed by atoms with van der Waals surface area (Å²) in [7, 11) is 4.04. The number of nitrogens with one attached hydrogen (secondary N) is 1. The lowest BCUT2D eigenvalue weighted by atomic mass is 10.0. The number of hydrogen-bond acceptors (Lipinski definition) is 2. The molecular weight excluding hydrogens is 162 g/mol. The van der Waals surface area contributed by atoms with E-state index < -0.39 is 0 Å². The summed E-state index contributed by atoms with van der Waals surface area (Å²) in [6, 6.07) is 0. The van der Waals surface area contributed by atoms with Gasteiger partial charge in [0.15, 0.2) is 0 Å². The number of rotatable bonds is 5. The topological polar surface area (TPSA) is 29.9 Å². The Bertz CT molecular complexity index is 242. The van der Waals surface area contributed by atoms with Crippen LogP contribution in [0.1, 0.15) is 19.2 Å². The second-order valence-corrected chi connectivity index (χ2v) is 3.66. The van der Waals surface area contributed by atoms with Crippen molar-refractivity contribution < 1.29 is 0 Å². The smallest absolute Gasteiger partial charge is 0.108 e. The summed E-state index contributed by atoms with van der Waals surface area (Å²) in [5.74, 6) is 1.89. The maximum atomic E-state index is 4.31. The Morgan fingerprint density at radius 3 is 2.92 bits per heavy atom. The van der Waals surface area contributed by atoms with E-state index in [1.807, 2.05) is 26.5 Å². The van der Waals surface area contributed by atoms with Gasteiger partial charge in [-0.3, -0.25) is 0 Å². The lowest BCUT2D eigenvalue weighted by Gasteiger charge is -2.10. The fraction of sp³-hybridized carbons (Fsp3) is 0.700. The average molecular weight is 181 g/mol. The van der Waals surface area contributed by atoms with Crippen molar-refractivity contribution in [3.63, 3.8) is 0 Å². The normalized spacial score (nSPS) is 13.2. The van der Waals surface area contributed by atoms with Crippen molar-refractivity contribution in [3.05, 3.63) is 18.2 Å². The lowest BCUT2D eigenvalue weighted by molar-refractivity contribution is 0.496. The van der Waals surface area contributed by atoms with Crippen molar-refractivity contribution in [2.24, 2.45) is 13.0 Å². The fourth-order valence-corrected chi connectivity index (χ4v) is 1.40. The molecule has 1 heterocycles. The minimum Gasteiger partial charge on any atom is -0.338 e. The average Bonchev–Trinajstić information content (AvgIpc) is 2.48. The van der Waals surface area contributed by atoms with Crippen LogP contribution in [0.3, 0.4) is 0 Å². The van der Waals surface area contributed by atoms with Crippen molar-refractivity contribution in [2.45, 2.75) is 19.8 Å². The van der Waals surface area contributed by atoms with Gasteiger partial charge in [0, 0.05) is 25.9 Å². The zero-order chi connectivity index (χ0) is 9.68. The third-order valence-electron chi connectivity index (χ3n) is 2.34. The van der Waals surface area contributed by atoms with E-state index in [0.29, 0.717) is 5.92 Å². The number of aromatic nitrogens is 2. The van der Waals surface area contributed by atoms with Gasteiger partial charge in [0.25, 0.3) is 0 Å². The summed E-state index contributed by atoms with van der Waals surface area (Å²) in [6.45, 7) is 3.36. The van der Waals surface area contributed by atoms with Gasteiger partial charge in [-0.05, 0) is 25.9 Å². The van der Waals surface area contributed by atoms with Crippen molar-refractivity contribution in [1.29, 1.82) is 0 Å². The van der Waals surface area contributed by atoms with Gasteiger partial charge in [-0.2, -0.15) is 0 Å². The van der Waals surface area contributed by atoms with Crippen LogP contribution in [0.25, 0.3) is 0 Å². The molecule has 0 radical (unpaired) electrons. The van der Waals surface area contributed by atoms with Crippen molar-refractivity contribution in [3.8, 4) is 0 Å². The quantitative estimate of drug-likeness (QED) is 0.740. The van der Waals surface area contributed by atoms with Gasteiger partial charge in [-0.25, -0.2) is 4.98 Å². The van der Waals surface area contributed by atoms with E-state index in [9.17, 15) is 0 Å². The highest BCUT2D eigenvalue weighted by atomic mass is 15.0. The first-order chi connectivity index (χ1) is 6.24. The van der Waals surface area contributed by atoms with E-state index in [-0.39, 0.29) is 0 Å². The maximum Gasteiger partial charge on any atom is 0.108 e. The highest BCUT2D eigenvalue weighted by molar-refractivity contribution is 4.92. The summed E-state index contributed by atoms with van der Waals surface area (Å²) in [4.78, 5) is 4.31. The van der Waals surface area contributed by atoms with E-state index >= 15 is 0 Å². The first-order valence-corrected chi connectivity index (χ1v) is 4.85. The van der Waals surface area contributed by atoms with E-state index in [2.05, 4.69) is 21.8 Å². The SMILES string of the molecule is CNCCC(C)Cc1nccn1C. The Morgan fingerprint density at radius 2 is 2.38 bits per heavy atom. The van der Waals surface area contributed by atoms with Crippen molar-refractivity contribution in [2.75, 3.05) is 13.6 Å². The molecule has 0 bridgehead atoms. The summed E-state index contributed by atoms with van der Waals surface area (Å²) in [6.07, 6.45) is 6.15. The molecular formula is C10H19N3. The van der Waals surface area contributed by atoms with Crippen LogP contribution in [-0.2, 0) is 13.5 Å². The summed E-state index contributed by atoms with van der Waals surface area (Å²) < 4.78 is 2.09. The molecule has 1 aromatic heterocycles. The molecule has 0 saturated heterocycles. The van der Waals surface area contributed by atoms with Crippen LogP contribution >= 0.6 is 0 Å². The molecule has 0 aromatic carbocycles. The molecule has 74 valence electrons. The van der Waals surface area contributed by atoms with Crippen LogP contribution in [-0.4, -0.2) is 23.1 Å². The zero-order valence-electron chi connectivity index (χ0n) is 8.75. The Hall–Kier alpha value is -0.830. The Balaban J connectivity index is 2.36. The van der Waals surface area contributed by atoms with E-state index in [1.54, 1.807) is 0 Å². The van der Waals surface area contributed by atoms with Gasteiger partial charge in [0.05, 0.1) is 0 Å². The molecule has 1 unspecified atom stereocenters. The highest BCUT2D eigenvalue weighted by Gasteiger charge is 2.06. The number of nitrogens with zero attached hydrogens (tertiary/aromatic N) is 2. The van der Waals surface area contributed by atoms with Gasteiger partial charge < -0.3 is 9.88 Å². The highest BCUT2D eigenvalue weighted by Crippen LogP contribution is 2.08. The first-order valence-electron chi connectivity index (χ1n) is 4.85. The third-order valence-corrected chi connectivity index (χ3v) is 2.34. The molecule has 0 spiro atoms. The third kappa shape index (κ3) is 3.19. The van der Waals surface area contributed by atoms with E-state index in [0.717, 1.165) is 13.0 Å². The predicted octanol–water partition coefficient (Wildman–Crippen LogP) is 1.21. The molecule has 0 amide bonds. The van der Waals surface area contributed by atoms with Crippen LogP contribution in [0.4, 0.5) is 0 Å². The minimum absolute atomic E-state index is 0.702. The largest absolute Gasteiger partial charge is 0.338 e. The molecule has 13 heavy (non-hydrogen) atoms. The predicted molar refractivity (Wildman–Crippen MR) is 54.6 cm³/mol. The minimum atomic E-state index is 0.702. The Labute approximate surface area is 80.2 Å². The second-order valence-electron chi connectivity index (χ2n) is 3.66. The molecule has 0 fully saturated rings. The zero-order valence-corrected chi connectivity index (χ0v) is 8.75. The Morgan fingerprint density at radius 1 is 1.62 bits per heavy atom. The molecule has 3 heteroatoms. The summed E-state index contributed by atoms with van der Waals surface area (Å²) in [5, 5.41) is 3.17. The number of imidazole rings is 1. The number of hydrogen-bond donors (Lipinski definition) is 1. The fourth-order valence-electron chi connectivity index (χ4n) is 1.40. The Kier molecular flexibility index (Phi) is 3.96.